The summed E-state index contributed by atoms with van der Waals surface area (Å²) < 4.78 is 9.55. The Balaban J connectivity index is 1.65. The fourth-order valence-electron chi connectivity index (χ4n) is 3.71. The number of ether oxygens (including phenoxy) is 2. The van der Waals surface area contributed by atoms with Gasteiger partial charge in [0.2, 0.25) is 0 Å². The van der Waals surface area contributed by atoms with Crippen LogP contribution in [0, 0.1) is 0 Å². The van der Waals surface area contributed by atoms with Gasteiger partial charge in [-0.3, -0.25) is 4.79 Å². The fraction of sp³-hybridized carbons (Fsp3) is 0.227. The molecule has 2 aromatic carbocycles. The zero-order valence-electron chi connectivity index (χ0n) is 16.2. The van der Waals surface area contributed by atoms with E-state index in [1.807, 2.05) is 6.07 Å². The third-order valence-corrected chi connectivity index (χ3v) is 5.21. The van der Waals surface area contributed by atoms with Crippen molar-refractivity contribution in [2.45, 2.75) is 13.0 Å². The number of methoxy groups -OCH3 is 2. The molecule has 0 saturated heterocycles. The Morgan fingerprint density at radius 1 is 0.931 bits per heavy atom. The molecule has 1 aliphatic heterocycles. The first-order valence-electron chi connectivity index (χ1n) is 9.21. The van der Waals surface area contributed by atoms with E-state index >= 15 is 0 Å². The van der Waals surface area contributed by atoms with Gasteiger partial charge >= 0.3 is 11.9 Å². The summed E-state index contributed by atoms with van der Waals surface area (Å²) in [6.07, 6.45) is 0.681. The van der Waals surface area contributed by atoms with Crippen molar-refractivity contribution in [1.29, 1.82) is 0 Å². The summed E-state index contributed by atoms with van der Waals surface area (Å²) in [7, 11) is 2.66. The van der Waals surface area contributed by atoms with Crippen LogP contribution in [0.4, 0.5) is 0 Å². The van der Waals surface area contributed by atoms with Gasteiger partial charge in [-0.25, -0.2) is 9.59 Å². The summed E-state index contributed by atoms with van der Waals surface area (Å²) in [6.45, 7) is 0.978. The van der Waals surface area contributed by atoms with Crippen molar-refractivity contribution in [3.8, 4) is 0 Å². The molecule has 3 aromatic rings. The van der Waals surface area contributed by atoms with E-state index in [1.54, 1.807) is 41.3 Å². The van der Waals surface area contributed by atoms with Crippen molar-refractivity contribution in [3.05, 3.63) is 70.4 Å². The van der Waals surface area contributed by atoms with Crippen molar-refractivity contribution >= 4 is 28.7 Å². The van der Waals surface area contributed by atoms with Crippen molar-refractivity contribution < 1.29 is 23.9 Å². The molecule has 0 unspecified atom stereocenters. The highest BCUT2D eigenvalue weighted by molar-refractivity contribution is 5.99. The van der Waals surface area contributed by atoms with Crippen LogP contribution in [-0.2, 0) is 22.4 Å². The normalized spacial score (nSPS) is 13.1. The maximum atomic E-state index is 13.0. The molecule has 0 fully saturated rings. The Morgan fingerprint density at radius 2 is 1.62 bits per heavy atom. The lowest BCUT2D eigenvalue weighted by Crippen LogP contribution is -2.35. The molecule has 2 heterocycles. The van der Waals surface area contributed by atoms with E-state index in [0.717, 1.165) is 22.2 Å². The SMILES string of the molecule is COC(=O)c1cccc(C(=O)N2CCc3[nH]c4ccc(C(=O)OC)cc4c3C2)c1. The number of carbonyl (C=O) groups is 3. The minimum Gasteiger partial charge on any atom is -0.465 e. The number of benzene rings is 2. The molecule has 1 aliphatic rings. The molecule has 4 rings (SSSR count). The molecule has 148 valence electrons. The van der Waals surface area contributed by atoms with Crippen LogP contribution in [-0.4, -0.2) is 48.5 Å². The quantitative estimate of drug-likeness (QED) is 0.693. The predicted octanol–water partition coefficient (Wildman–Crippen LogP) is 2.94. The van der Waals surface area contributed by atoms with Crippen LogP contribution in [0.3, 0.4) is 0 Å². The van der Waals surface area contributed by atoms with E-state index in [9.17, 15) is 14.4 Å². The standard InChI is InChI=1S/C22H20N2O5/c1-28-21(26)14-5-3-4-13(10-14)20(25)24-9-8-19-17(12-24)16-11-15(22(27)29-2)6-7-18(16)23-19/h3-7,10-11,23H,8-9,12H2,1-2H3. The highest BCUT2D eigenvalue weighted by Gasteiger charge is 2.26. The Labute approximate surface area is 167 Å². The van der Waals surface area contributed by atoms with Crippen LogP contribution in [0.15, 0.2) is 42.5 Å². The van der Waals surface area contributed by atoms with Crippen LogP contribution in [0.5, 0.6) is 0 Å². The van der Waals surface area contributed by atoms with Crippen molar-refractivity contribution in [2.24, 2.45) is 0 Å². The lowest BCUT2D eigenvalue weighted by molar-refractivity contribution is 0.0591. The third kappa shape index (κ3) is 3.35. The van der Waals surface area contributed by atoms with Crippen LogP contribution < -0.4 is 0 Å². The average molecular weight is 392 g/mol. The number of H-pyrrole nitrogens is 1. The number of nitrogens with zero attached hydrogens (tertiary/aromatic N) is 1. The van der Waals surface area contributed by atoms with E-state index in [2.05, 4.69) is 4.98 Å². The molecule has 1 N–H and O–H groups in total. The monoisotopic (exact) mass is 392 g/mol. The molecular formula is C22H20N2O5. The second kappa shape index (κ2) is 7.43. The van der Waals surface area contributed by atoms with E-state index in [4.69, 9.17) is 9.47 Å². The van der Waals surface area contributed by atoms with Gasteiger partial charge in [-0.05, 0) is 36.4 Å². The van der Waals surface area contributed by atoms with Crippen molar-refractivity contribution in [1.82, 2.24) is 9.88 Å². The number of nitrogens with one attached hydrogen (secondary N) is 1. The molecule has 7 heteroatoms. The topological polar surface area (TPSA) is 88.7 Å². The summed E-state index contributed by atoms with van der Waals surface area (Å²) >= 11 is 0. The van der Waals surface area contributed by atoms with Crippen LogP contribution in [0.25, 0.3) is 10.9 Å². The summed E-state index contributed by atoms with van der Waals surface area (Å²) in [5, 5.41) is 0.906. The molecule has 0 atom stereocenters. The first-order valence-corrected chi connectivity index (χ1v) is 9.21. The van der Waals surface area contributed by atoms with Crippen molar-refractivity contribution in [3.63, 3.8) is 0 Å². The molecule has 0 aliphatic carbocycles. The fourth-order valence-corrected chi connectivity index (χ4v) is 3.71. The average Bonchev–Trinajstić information content (AvgIpc) is 3.14. The summed E-state index contributed by atoms with van der Waals surface area (Å²) in [5.41, 5.74) is 4.22. The molecule has 1 aromatic heterocycles. The number of esters is 2. The second-order valence-corrected chi connectivity index (χ2v) is 6.88. The van der Waals surface area contributed by atoms with Gasteiger partial charge in [-0.2, -0.15) is 0 Å². The molecule has 29 heavy (non-hydrogen) atoms. The number of aromatic nitrogens is 1. The minimum atomic E-state index is -0.479. The van der Waals surface area contributed by atoms with Gasteiger partial charge in [0.05, 0.1) is 25.3 Å². The number of fused-ring (bicyclic) bond motifs is 3. The highest BCUT2D eigenvalue weighted by atomic mass is 16.5. The zero-order chi connectivity index (χ0) is 20.5. The first-order chi connectivity index (χ1) is 14.0. The smallest absolute Gasteiger partial charge is 0.337 e. The number of rotatable bonds is 3. The number of hydrogen-bond acceptors (Lipinski definition) is 5. The summed E-state index contributed by atoms with van der Waals surface area (Å²) in [4.78, 5) is 41.8. The molecule has 7 nitrogen and oxygen atoms in total. The Hall–Kier alpha value is -3.61. The van der Waals surface area contributed by atoms with Gasteiger partial charge < -0.3 is 19.4 Å². The van der Waals surface area contributed by atoms with E-state index in [1.165, 1.54) is 14.2 Å². The van der Waals surface area contributed by atoms with Gasteiger partial charge in [0.1, 0.15) is 0 Å². The Kier molecular flexibility index (Phi) is 4.80. The van der Waals surface area contributed by atoms with Gasteiger partial charge in [0.15, 0.2) is 0 Å². The summed E-state index contributed by atoms with van der Waals surface area (Å²) in [6, 6.07) is 11.9. The van der Waals surface area contributed by atoms with Crippen LogP contribution in [0.1, 0.15) is 42.3 Å². The maximum absolute atomic E-state index is 13.0. The predicted molar refractivity (Wildman–Crippen MR) is 106 cm³/mol. The minimum absolute atomic E-state index is 0.153. The van der Waals surface area contributed by atoms with E-state index in [-0.39, 0.29) is 5.91 Å². The summed E-state index contributed by atoms with van der Waals surface area (Å²) in [5.74, 6) is -1.03. The molecule has 1 amide bonds. The molecule has 0 spiro atoms. The maximum Gasteiger partial charge on any atom is 0.337 e. The highest BCUT2D eigenvalue weighted by Crippen LogP contribution is 2.29. The van der Waals surface area contributed by atoms with Gasteiger partial charge in [0, 0.05) is 47.2 Å². The van der Waals surface area contributed by atoms with Crippen molar-refractivity contribution in [2.75, 3.05) is 20.8 Å². The van der Waals surface area contributed by atoms with Crippen LogP contribution >= 0.6 is 0 Å². The first kappa shape index (κ1) is 18.7. The van der Waals surface area contributed by atoms with E-state index < -0.39 is 11.9 Å². The van der Waals surface area contributed by atoms with Gasteiger partial charge in [0.25, 0.3) is 5.91 Å². The number of aromatic amines is 1. The number of hydrogen-bond donors (Lipinski definition) is 1. The third-order valence-electron chi connectivity index (χ3n) is 5.21. The van der Waals surface area contributed by atoms with Gasteiger partial charge in [-0.1, -0.05) is 6.07 Å². The van der Waals surface area contributed by atoms with Gasteiger partial charge in [-0.15, -0.1) is 0 Å². The molecule has 0 radical (unpaired) electrons. The van der Waals surface area contributed by atoms with E-state index in [0.29, 0.717) is 36.2 Å². The lowest BCUT2D eigenvalue weighted by Gasteiger charge is -2.27. The second-order valence-electron chi connectivity index (χ2n) is 6.88. The Bertz CT molecular complexity index is 1130. The molecule has 0 bridgehead atoms. The Morgan fingerprint density at radius 3 is 2.34 bits per heavy atom. The zero-order valence-corrected chi connectivity index (χ0v) is 16.2. The number of carbonyl (C=O) groups excluding carboxylic acids is 3. The molecule has 0 saturated carbocycles. The lowest BCUT2D eigenvalue weighted by atomic mass is 10.0. The molecular weight excluding hydrogens is 372 g/mol. The van der Waals surface area contributed by atoms with Crippen LogP contribution in [0.2, 0.25) is 0 Å². The largest absolute Gasteiger partial charge is 0.465 e. The number of amides is 1.